The number of hydrogen-bond donors (Lipinski definition) is 1. The molecule has 5 nitrogen and oxygen atoms in total. The molecule has 2 fully saturated rings. The number of halogens is 1. The Kier molecular flexibility index (Phi) is 7.24. The van der Waals surface area contributed by atoms with Crippen molar-refractivity contribution < 1.29 is 42.7 Å². The summed E-state index contributed by atoms with van der Waals surface area (Å²) in [6.07, 6.45) is 1.82. The van der Waals surface area contributed by atoms with E-state index in [2.05, 4.69) is 43.3 Å². The predicted octanol–water partition coefficient (Wildman–Crippen LogP) is 1.54. The quantitative estimate of drug-likeness (QED) is 0.296. The molecule has 194 valence electrons. The molecule has 0 radical (unpaired) electrons. The molecule has 3 aromatic rings. The maximum Gasteiger partial charge on any atom is 0.232 e. The van der Waals surface area contributed by atoms with Gasteiger partial charge in [0.2, 0.25) is 12.7 Å². The smallest absolute Gasteiger partial charge is 0.232 e. The van der Waals surface area contributed by atoms with Gasteiger partial charge in [-0.1, -0.05) is 66.7 Å². The predicted molar refractivity (Wildman–Crippen MR) is 140 cm³/mol. The number of primary amides is 1. The van der Waals surface area contributed by atoms with Crippen LogP contribution < -0.4 is 39.2 Å². The van der Waals surface area contributed by atoms with Crippen LogP contribution in [0.3, 0.4) is 0 Å². The summed E-state index contributed by atoms with van der Waals surface area (Å²) in [5, 5.41) is 0. The summed E-state index contributed by atoms with van der Waals surface area (Å²) in [7, 11) is 0. The van der Waals surface area contributed by atoms with E-state index < -0.39 is 5.41 Å². The second kappa shape index (κ2) is 10.3. The van der Waals surface area contributed by atoms with Crippen molar-refractivity contribution in [3.63, 3.8) is 0 Å². The van der Waals surface area contributed by atoms with Crippen LogP contribution in [0.2, 0.25) is 0 Å². The number of ether oxygens (including phenoxy) is 2. The summed E-state index contributed by atoms with van der Waals surface area (Å²) in [4.78, 5) is 13.2. The molecule has 1 amide bonds. The van der Waals surface area contributed by atoms with Gasteiger partial charge in [0.05, 0.1) is 31.6 Å². The summed E-state index contributed by atoms with van der Waals surface area (Å²) in [5.74, 6) is 3.31. The van der Waals surface area contributed by atoms with Crippen molar-refractivity contribution >= 4 is 5.91 Å². The third-order valence-corrected chi connectivity index (χ3v) is 9.18. The highest BCUT2D eigenvalue weighted by Crippen LogP contribution is 2.59. The fraction of sp³-hybridized carbons (Fsp3) is 0.387. The largest absolute Gasteiger partial charge is 1.00 e. The Hall–Kier alpha value is -2.58. The topological polar surface area (TPSA) is 61.6 Å². The Morgan fingerprint density at radius 3 is 2.08 bits per heavy atom. The van der Waals surface area contributed by atoms with Gasteiger partial charge in [0, 0.05) is 18.3 Å². The molecule has 6 rings (SSSR count). The van der Waals surface area contributed by atoms with E-state index in [1.807, 2.05) is 42.5 Å². The molecule has 1 saturated carbocycles. The number of likely N-dealkylation sites (tertiary alicyclic amines) is 1. The Bertz CT molecular complexity index is 1200. The number of quaternary nitrogens is 1. The molecule has 2 aliphatic heterocycles. The minimum absolute atomic E-state index is 0. The molecular weight excluding hydrogens is 575 g/mol. The second-order valence-corrected chi connectivity index (χ2v) is 10.9. The van der Waals surface area contributed by atoms with Crippen molar-refractivity contribution in [3.8, 4) is 11.5 Å². The van der Waals surface area contributed by atoms with Crippen LogP contribution >= 0.6 is 0 Å². The van der Waals surface area contributed by atoms with E-state index in [0.717, 1.165) is 53.0 Å². The van der Waals surface area contributed by atoms with Crippen molar-refractivity contribution in [1.82, 2.24) is 0 Å². The lowest BCUT2D eigenvalue weighted by molar-refractivity contribution is -0.920. The first kappa shape index (κ1) is 26.0. The SMILES string of the molecule is CC[N+]1(CCc2ccc3c(c2)OCO3)CC2C(CC(C(N)=O)(c3ccccc3)c3ccccc3)C2C1.[I-]. The molecule has 0 aromatic heterocycles. The first-order valence-corrected chi connectivity index (χ1v) is 13.2. The Morgan fingerprint density at radius 1 is 0.919 bits per heavy atom. The number of nitrogens with zero attached hydrogens (tertiary/aromatic N) is 1. The molecule has 2 unspecified atom stereocenters. The molecule has 37 heavy (non-hydrogen) atoms. The monoisotopic (exact) mass is 610 g/mol. The fourth-order valence-corrected chi connectivity index (χ4v) is 6.99. The fourth-order valence-electron chi connectivity index (χ4n) is 6.99. The first-order chi connectivity index (χ1) is 17.5. The summed E-state index contributed by atoms with van der Waals surface area (Å²) in [5.41, 5.74) is 8.77. The summed E-state index contributed by atoms with van der Waals surface area (Å²) in [6.45, 7) is 7.29. The van der Waals surface area contributed by atoms with Crippen molar-refractivity contribution in [2.45, 2.75) is 25.2 Å². The highest BCUT2D eigenvalue weighted by atomic mass is 127. The van der Waals surface area contributed by atoms with E-state index in [1.54, 1.807) is 0 Å². The van der Waals surface area contributed by atoms with E-state index in [1.165, 1.54) is 18.7 Å². The minimum atomic E-state index is -0.786. The summed E-state index contributed by atoms with van der Waals surface area (Å²) < 4.78 is 12.2. The van der Waals surface area contributed by atoms with Gasteiger partial charge in [-0.05, 0) is 48.1 Å². The van der Waals surface area contributed by atoms with Crippen LogP contribution in [-0.4, -0.2) is 43.4 Å². The Morgan fingerprint density at radius 2 is 1.51 bits per heavy atom. The van der Waals surface area contributed by atoms with Crippen LogP contribution in [0, 0.1) is 17.8 Å². The Labute approximate surface area is 236 Å². The minimum Gasteiger partial charge on any atom is -1.00 e. The van der Waals surface area contributed by atoms with Crippen LogP contribution in [0.1, 0.15) is 30.0 Å². The molecule has 3 aliphatic rings. The number of likely N-dealkylation sites (N-methyl/N-ethyl adjacent to an activating group) is 1. The molecule has 2 heterocycles. The van der Waals surface area contributed by atoms with Crippen molar-refractivity contribution in [2.24, 2.45) is 23.5 Å². The van der Waals surface area contributed by atoms with Crippen LogP contribution in [-0.2, 0) is 16.6 Å². The number of nitrogens with two attached hydrogens (primary N) is 1. The van der Waals surface area contributed by atoms with Gasteiger partial charge in [-0.3, -0.25) is 4.79 Å². The van der Waals surface area contributed by atoms with Gasteiger partial charge >= 0.3 is 0 Å². The standard InChI is InChI=1S/C31H34N2O3.HI/c1-2-33(16-15-22-13-14-28-29(17-22)36-21-35-28)19-26-25(27(26)20-33)18-31(30(32)34,23-9-5-3-6-10-23)24-11-7-4-8-12-24;/h3-14,17,25-27H,2,15-16,18-21H2,1H3,(H-,32,34);1H. The van der Waals surface area contributed by atoms with Gasteiger partial charge in [-0.2, -0.15) is 0 Å². The zero-order chi connectivity index (χ0) is 24.8. The van der Waals surface area contributed by atoms with Gasteiger partial charge in [0.15, 0.2) is 11.5 Å². The molecule has 0 bridgehead atoms. The third-order valence-electron chi connectivity index (χ3n) is 9.18. The average Bonchev–Trinajstić information content (AvgIpc) is 3.25. The van der Waals surface area contributed by atoms with Crippen molar-refractivity contribution in [3.05, 3.63) is 95.6 Å². The van der Waals surface area contributed by atoms with Crippen LogP contribution in [0.4, 0.5) is 0 Å². The van der Waals surface area contributed by atoms with Crippen LogP contribution in [0.25, 0.3) is 0 Å². The molecule has 6 heteroatoms. The maximum atomic E-state index is 13.2. The number of benzene rings is 3. The lowest BCUT2D eigenvalue weighted by Gasteiger charge is -2.37. The van der Waals surface area contributed by atoms with Gasteiger partial charge in [-0.25, -0.2) is 0 Å². The number of amides is 1. The van der Waals surface area contributed by atoms with E-state index in [4.69, 9.17) is 15.2 Å². The molecule has 1 saturated heterocycles. The van der Waals surface area contributed by atoms with E-state index in [-0.39, 0.29) is 29.9 Å². The van der Waals surface area contributed by atoms with Gasteiger partial charge < -0.3 is 43.7 Å². The van der Waals surface area contributed by atoms with Gasteiger partial charge in [0.1, 0.15) is 0 Å². The normalized spacial score (nSPS) is 25.3. The van der Waals surface area contributed by atoms with E-state index in [9.17, 15) is 4.79 Å². The zero-order valence-corrected chi connectivity index (χ0v) is 23.5. The highest BCUT2D eigenvalue weighted by Gasteiger charge is 2.64. The summed E-state index contributed by atoms with van der Waals surface area (Å²) >= 11 is 0. The van der Waals surface area contributed by atoms with Crippen LogP contribution in [0.5, 0.6) is 11.5 Å². The molecule has 1 aliphatic carbocycles. The average molecular weight is 611 g/mol. The number of carbonyl (C=O) groups is 1. The molecular formula is C31H35IN2O3. The highest BCUT2D eigenvalue weighted by molar-refractivity contribution is 5.91. The number of hydrogen-bond acceptors (Lipinski definition) is 3. The number of fused-ring (bicyclic) bond motifs is 2. The van der Waals surface area contributed by atoms with E-state index >= 15 is 0 Å². The van der Waals surface area contributed by atoms with Crippen LogP contribution in [0.15, 0.2) is 78.9 Å². The second-order valence-electron chi connectivity index (χ2n) is 10.9. The Balaban J connectivity index is 0.00000280. The summed E-state index contributed by atoms with van der Waals surface area (Å²) in [6, 6.07) is 26.6. The molecule has 2 atom stereocenters. The van der Waals surface area contributed by atoms with Gasteiger partial charge in [0.25, 0.3) is 0 Å². The molecule has 3 aromatic carbocycles. The van der Waals surface area contributed by atoms with E-state index in [0.29, 0.717) is 24.5 Å². The van der Waals surface area contributed by atoms with Crippen molar-refractivity contribution in [2.75, 3.05) is 33.0 Å². The first-order valence-electron chi connectivity index (χ1n) is 13.2. The molecule has 0 spiro atoms. The lowest BCUT2D eigenvalue weighted by atomic mass is 9.69. The van der Waals surface area contributed by atoms with Gasteiger partial charge in [-0.15, -0.1) is 0 Å². The number of carbonyl (C=O) groups excluding carboxylic acids is 1. The van der Waals surface area contributed by atoms with Crippen molar-refractivity contribution in [1.29, 1.82) is 0 Å². The number of piperidine rings is 1. The lowest BCUT2D eigenvalue weighted by Crippen LogP contribution is -3.00. The third kappa shape index (κ3) is 4.63. The number of rotatable bonds is 9. The maximum absolute atomic E-state index is 13.2. The molecule has 2 N–H and O–H groups in total. The zero-order valence-electron chi connectivity index (χ0n) is 21.3.